The van der Waals surface area contributed by atoms with Gasteiger partial charge in [-0.25, -0.2) is 17.5 Å². The van der Waals surface area contributed by atoms with Crippen LogP contribution in [0.25, 0.3) is 0 Å². The van der Waals surface area contributed by atoms with Crippen molar-refractivity contribution in [2.75, 3.05) is 7.11 Å². The Morgan fingerprint density at radius 2 is 2.00 bits per heavy atom. The normalized spacial score (nSPS) is 12.8. The molecule has 7 heteroatoms. The van der Waals surface area contributed by atoms with Gasteiger partial charge in [-0.05, 0) is 42.7 Å². The molecule has 0 aliphatic carbocycles. The summed E-state index contributed by atoms with van der Waals surface area (Å²) in [6, 6.07) is 9.19. The second-order valence-electron chi connectivity index (χ2n) is 5.77. The lowest BCUT2D eigenvalue weighted by Crippen LogP contribution is -2.29. The van der Waals surface area contributed by atoms with E-state index >= 15 is 0 Å². The Labute approximate surface area is 153 Å². The molecule has 2 aromatic carbocycles. The Kier molecular flexibility index (Phi) is 6.43. The highest BCUT2D eigenvalue weighted by Crippen LogP contribution is 2.26. The maximum absolute atomic E-state index is 13.9. The molecule has 1 N–H and O–H groups in total. The Morgan fingerprint density at radius 1 is 1.28 bits per heavy atom. The van der Waals surface area contributed by atoms with Crippen molar-refractivity contribution in [3.8, 4) is 5.75 Å². The molecule has 1 atom stereocenters. The number of hydrogen-bond acceptors (Lipinski definition) is 3. The van der Waals surface area contributed by atoms with E-state index in [-0.39, 0.29) is 10.6 Å². The molecule has 0 amide bonds. The zero-order valence-corrected chi connectivity index (χ0v) is 15.9. The van der Waals surface area contributed by atoms with Crippen LogP contribution in [-0.4, -0.2) is 15.5 Å². The van der Waals surface area contributed by atoms with Crippen molar-refractivity contribution in [1.82, 2.24) is 4.72 Å². The molecule has 136 valence electrons. The molecule has 0 heterocycles. The number of ether oxygens (including phenoxy) is 1. The van der Waals surface area contributed by atoms with E-state index in [1.807, 2.05) is 26.0 Å². The fraction of sp³-hybridized carbons (Fsp3) is 0.333. The molecule has 0 aromatic heterocycles. The standard InChI is InChI=1S/C18H21ClFNO3S/c1-4-17(13-8-9-18(24-3)12(2)10-13)21-25(22,23)11-14-15(19)6-5-7-16(14)20/h5-10,17,21H,4,11H2,1-3H3. The summed E-state index contributed by atoms with van der Waals surface area (Å²) in [7, 11) is -2.19. The molecule has 0 aliphatic rings. The van der Waals surface area contributed by atoms with Gasteiger partial charge in [-0.15, -0.1) is 0 Å². The molecule has 0 spiro atoms. The highest BCUT2D eigenvalue weighted by molar-refractivity contribution is 7.88. The number of hydrogen-bond donors (Lipinski definition) is 1. The second-order valence-corrected chi connectivity index (χ2v) is 7.93. The lowest BCUT2D eigenvalue weighted by atomic mass is 10.0. The third-order valence-electron chi connectivity index (χ3n) is 3.95. The zero-order valence-electron chi connectivity index (χ0n) is 14.3. The van der Waals surface area contributed by atoms with E-state index in [1.165, 1.54) is 18.2 Å². The Balaban J connectivity index is 2.24. The van der Waals surface area contributed by atoms with Gasteiger partial charge in [0.15, 0.2) is 0 Å². The number of halogens is 2. The van der Waals surface area contributed by atoms with Crippen LogP contribution in [0.4, 0.5) is 4.39 Å². The number of benzene rings is 2. The second kappa shape index (κ2) is 8.17. The number of sulfonamides is 1. The Hall–Kier alpha value is -1.63. The van der Waals surface area contributed by atoms with E-state index in [9.17, 15) is 12.8 Å². The third-order valence-corrected chi connectivity index (χ3v) is 5.61. The van der Waals surface area contributed by atoms with Gasteiger partial charge in [0.2, 0.25) is 10.0 Å². The first-order valence-corrected chi connectivity index (χ1v) is 9.88. The molecule has 25 heavy (non-hydrogen) atoms. The minimum atomic E-state index is -3.77. The van der Waals surface area contributed by atoms with Crippen LogP contribution in [-0.2, 0) is 15.8 Å². The fourth-order valence-corrected chi connectivity index (χ4v) is 4.43. The summed E-state index contributed by atoms with van der Waals surface area (Å²) in [5.41, 5.74) is 1.70. The summed E-state index contributed by atoms with van der Waals surface area (Å²) in [4.78, 5) is 0. The predicted molar refractivity (Wildman–Crippen MR) is 97.9 cm³/mol. The first-order valence-electron chi connectivity index (χ1n) is 7.84. The largest absolute Gasteiger partial charge is 0.496 e. The molecule has 1 unspecified atom stereocenters. The summed E-state index contributed by atoms with van der Waals surface area (Å²) in [6.45, 7) is 3.77. The molecule has 0 aliphatic heterocycles. The van der Waals surface area contributed by atoms with Gasteiger partial charge in [0.1, 0.15) is 11.6 Å². The fourth-order valence-electron chi connectivity index (χ4n) is 2.62. The molecule has 0 fully saturated rings. The van der Waals surface area contributed by atoms with Gasteiger partial charge in [-0.3, -0.25) is 0 Å². The molecule has 0 saturated carbocycles. The molecule has 2 aromatic rings. The van der Waals surface area contributed by atoms with Gasteiger partial charge in [-0.1, -0.05) is 36.7 Å². The van der Waals surface area contributed by atoms with Crippen molar-refractivity contribution in [3.05, 3.63) is 63.9 Å². The average molecular weight is 386 g/mol. The van der Waals surface area contributed by atoms with Crippen molar-refractivity contribution >= 4 is 21.6 Å². The van der Waals surface area contributed by atoms with Crippen molar-refractivity contribution < 1.29 is 17.5 Å². The molecule has 4 nitrogen and oxygen atoms in total. The van der Waals surface area contributed by atoms with Crippen LogP contribution in [0.1, 0.15) is 36.1 Å². The number of methoxy groups -OCH3 is 1. The van der Waals surface area contributed by atoms with E-state index < -0.39 is 27.6 Å². The van der Waals surface area contributed by atoms with Crippen molar-refractivity contribution in [3.63, 3.8) is 0 Å². The van der Waals surface area contributed by atoms with Gasteiger partial charge in [0.05, 0.1) is 12.9 Å². The minimum absolute atomic E-state index is 0.0302. The summed E-state index contributed by atoms with van der Waals surface area (Å²) < 4.78 is 46.7. The quantitative estimate of drug-likeness (QED) is 0.770. The van der Waals surface area contributed by atoms with Gasteiger partial charge in [-0.2, -0.15) is 0 Å². The van der Waals surface area contributed by atoms with Crippen molar-refractivity contribution in [2.24, 2.45) is 0 Å². The molecule has 2 rings (SSSR count). The maximum Gasteiger partial charge on any atom is 0.216 e. The van der Waals surface area contributed by atoms with Crippen molar-refractivity contribution in [1.29, 1.82) is 0 Å². The van der Waals surface area contributed by atoms with Crippen LogP contribution in [0.2, 0.25) is 5.02 Å². The Bertz CT molecular complexity index is 835. The van der Waals surface area contributed by atoms with Gasteiger partial charge in [0, 0.05) is 16.6 Å². The van der Waals surface area contributed by atoms with Gasteiger partial charge >= 0.3 is 0 Å². The smallest absolute Gasteiger partial charge is 0.216 e. The van der Waals surface area contributed by atoms with Crippen LogP contribution >= 0.6 is 11.6 Å². The first-order chi connectivity index (χ1) is 11.8. The summed E-state index contributed by atoms with van der Waals surface area (Å²) in [5.74, 6) is -0.407. The zero-order chi connectivity index (χ0) is 18.6. The lowest BCUT2D eigenvalue weighted by Gasteiger charge is -2.19. The van der Waals surface area contributed by atoms with Gasteiger partial charge in [0.25, 0.3) is 0 Å². The maximum atomic E-state index is 13.9. The summed E-state index contributed by atoms with van der Waals surface area (Å²) >= 11 is 5.93. The highest BCUT2D eigenvalue weighted by atomic mass is 35.5. The van der Waals surface area contributed by atoms with E-state index in [0.717, 1.165) is 16.9 Å². The summed E-state index contributed by atoms with van der Waals surface area (Å²) in [6.07, 6.45) is 0.552. The Morgan fingerprint density at radius 3 is 2.56 bits per heavy atom. The topological polar surface area (TPSA) is 55.4 Å². The van der Waals surface area contributed by atoms with E-state index in [0.29, 0.717) is 6.42 Å². The third kappa shape index (κ3) is 4.93. The minimum Gasteiger partial charge on any atom is -0.496 e. The molecular formula is C18H21ClFNO3S. The van der Waals surface area contributed by atoms with E-state index in [2.05, 4.69) is 4.72 Å². The highest BCUT2D eigenvalue weighted by Gasteiger charge is 2.22. The molecule has 0 saturated heterocycles. The lowest BCUT2D eigenvalue weighted by molar-refractivity contribution is 0.411. The predicted octanol–water partition coefficient (Wildman–Crippen LogP) is 4.37. The number of aryl methyl sites for hydroxylation is 1. The van der Waals surface area contributed by atoms with Crippen molar-refractivity contribution in [2.45, 2.75) is 32.1 Å². The van der Waals surface area contributed by atoms with Crippen LogP contribution in [0.3, 0.4) is 0 Å². The van der Waals surface area contributed by atoms with Crippen LogP contribution in [0, 0.1) is 12.7 Å². The molecule has 0 radical (unpaired) electrons. The SMILES string of the molecule is CCC(NS(=O)(=O)Cc1c(F)cccc1Cl)c1ccc(OC)c(C)c1. The van der Waals surface area contributed by atoms with Crippen LogP contribution in [0.15, 0.2) is 36.4 Å². The van der Waals surface area contributed by atoms with Gasteiger partial charge < -0.3 is 4.74 Å². The number of nitrogens with one attached hydrogen (secondary N) is 1. The first kappa shape index (κ1) is 19.7. The molecule has 0 bridgehead atoms. The molecular weight excluding hydrogens is 365 g/mol. The van der Waals surface area contributed by atoms with Crippen LogP contribution in [0.5, 0.6) is 5.75 Å². The average Bonchev–Trinajstić information content (AvgIpc) is 2.56. The monoisotopic (exact) mass is 385 g/mol. The van der Waals surface area contributed by atoms with E-state index in [1.54, 1.807) is 13.2 Å². The van der Waals surface area contributed by atoms with E-state index in [4.69, 9.17) is 16.3 Å². The van der Waals surface area contributed by atoms with Crippen LogP contribution < -0.4 is 9.46 Å². The number of rotatable bonds is 7. The summed E-state index contributed by atoms with van der Waals surface area (Å²) in [5, 5.41) is 0.0960.